The van der Waals surface area contributed by atoms with Crippen molar-refractivity contribution in [3.8, 4) is 0 Å². The van der Waals surface area contributed by atoms with Gasteiger partial charge in [0.25, 0.3) is 5.91 Å². The minimum Gasteiger partial charge on any atom is -0.269 e. The highest BCUT2D eigenvalue weighted by Crippen LogP contribution is 2.07. The van der Waals surface area contributed by atoms with Gasteiger partial charge in [-0.1, -0.05) is 5.01 Å². The molecule has 1 fully saturated rings. The number of carbonyl (C=O) groups excluding carboxylic acids is 1. The first-order valence-corrected chi connectivity index (χ1v) is 2.66. The first-order chi connectivity index (χ1) is 4.22. The lowest BCUT2D eigenvalue weighted by molar-refractivity contribution is -0.631. The van der Waals surface area contributed by atoms with Crippen molar-refractivity contribution < 1.29 is 9.83 Å². The van der Waals surface area contributed by atoms with Crippen LogP contribution in [0, 0.1) is 10.1 Å². The van der Waals surface area contributed by atoms with Crippen LogP contribution in [0.2, 0.25) is 0 Å². The summed E-state index contributed by atoms with van der Waals surface area (Å²) in [6.07, 6.45) is 0.931. The molecule has 0 radical (unpaired) electrons. The Kier molecular flexibility index (Phi) is 1.33. The van der Waals surface area contributed by atoms with Crippen molar-refractivity contribution in [2.75, 3.05) is 6.54 Å². The maximum atomic E-state index is 10.5. The summed E-state index contributed by atoms with van der Waals surface area (Å²) in [7, 11) is 0. The van der Waals surface area contributed by atoms with Crippen LogP contribution in [0.5, 0.6) is 0 Å². The average Bonchev–Trinajstić information content (AvgIpc) is 2.13. The third-order valence-electron chi connectivity index (χ3n) is 1.25. The fourth-order valence-corrected chi connectivity index (χ4v) is 0.807. The Morgan fingerprint density at radius 3 is 2.56 bits per heavy atom. The zero-order valence-electron chi connectivity index (χ0n) is 4.74. The second-order valence-electron chi connectivity index (χ2n) is 1.86. The van der Waals surface area contributed by atoms with Gasteiger partial charge >= 0.3 is 0 Å². The summed E-state index contributed by atoms with van der Waals surface area (Å²) in [6.45, 7) is 0.270. The molecule has 50 valence electrons. The van der Waals surface area contributed by atoms with Crippen LogP contribution in [0.3, 0.4) is 0 Å². The molecule has 1 rings (SSSR count). The Hall–Kier alpha value is -1.13. The molecule has 5 nitrogen and oxygen atoms in total. The molecule has 0 atom stereocenters. The highest BCUT2D eigenvalue weighted by atomic mass is 16.7. The van der Waals surface area contributed by atoms with Gasteiger partial charge in [0.15, 0.2) is 5.03 Å². The summed E-state index contributed by atoms with van der Waals surface area (Å²) in [6, 6.07) is 0. The monoisotopic (exact) mass is 130 g/mol. The lowest BCUT2D eigenvalue weighted by atomic mass is 10.4. The molecule has 0 aliphatic carbocycles. The third-order valence-corrected chi connectivity index (χ3v) is 1.25. The van der Waals surface area contributed by atoms with Crippen molar-refractivity contribution in [2.24, 2.45) is 0 Å². The van der Waals surface area contributed by atoms with Crippen molar-refractivity contribution in [3.63, 3.8) is 0 Å². The maximum Gasteiger partial charge on any atom is 0.283 e. The molecule has 0 saturated carbocycles. The van der Waals surface area contributed by atoms with Crippen LogP contribution in [0.15, 0.2) is 0 Å². The van der Waals surface area contributed by atoms with E-state index in [4.69, 9.17) is 0 Å². The molecule has 1 heterocycles. The zero-order chi connectivity index (χ0) is 6.85. The van der Waals surface area contributed by atoms with Crippen molar-refractivity contribution in [1.82, 2.24) is 5.01 Å². The Morgan fingerprint density at radius 1 is 1.67 bits per heavy atom. The Morgan fingerprint density at radius 2 is 2.33 bits per heavy atom. The predicted molar refractivity (Wildman–Crippen MR) is 27.9 cm³/mol. The van der Waals surface area contributed by atoms with Gasteiger partial charge in [0.2, 0.25) is 0 Å². The molecule has 0 aromatic carbocycles. The van der Waals surface area contributed by atoms with E-state index in [2.05, 4.69) is 0 Å². The first-order valence-electron chi connectivity index (χ1n) is 2.66. The molecule has 1 amide bonds. The van der Waals surface area contributed by atoms with Gasteiger partial charge in [-0.15, -0.1) is 0 Å². The summed E-state index contributed by atoms with van der Waals surface area (Å²) in [5, 5.41) is 9.92. The smallest absolute Gasteiger partial charge is 0.269 e. The number of rotatable bonds is 1. The van der Waals surface area contributed by atoms with Crippen LogP contribution in [0.4, 0.5) is 0 Å². The van der Waals surface area contributed by atoms with Gasteiger partial charge in [0, 0.05) is 6.42 Å². The standard InChI is InChI=1S/C4H6N2O3/c7-4-2-1-3-5(4)6(8)9/h1-3H2. The second-order valence-corrected chi connectivity index (χ2v) is 1.86. The summed E-state index contributed by atoms with van der Waals surface area (Å²) in [4.78, 5) is 20.4. The summed E-state index contributed by atoms with van der Waals surface area (Å²) in [5.41, 5.74) is 0. The molecule has 9 heavy (non-hydrogen) atoms. The van der Waals surface area contributed by atoms with E-state index in [1.165, 1.54) is 0 Å². The van der Waals surface area contributed by atoms with E-state index >= 15 is 0 Å². The predicted octanol–water partition coefficient (Wildman–Crippen LogP) is -0.200. The van der Waals surface area contributed by atoms with Crippen molar-refractivity contribution in [1.29, 1.82) is 0 Å². The maximum absolute atomic E-state index is 10.5. The van der Waals surface area contributed by atoms with Gasteiger partial charge < -0.3 is 0 Å². The van der Waals surface area contributed by atoms with Crippen LogP contribution in [-0.2, 0) is 4.79 Å². The molecule has 0 spiro atoms. The number of hydrogen-bond donors (Lipinski definition) is 0. The fourth-order valence-electron chi connectivity index (χ4n) is 0.807. The van der Waals surface area contributed by atoms with Gasteiger partial charge in [0.1, 0.15) is 0 Å². The molecule has 1 aliphatic rings. The topological polar surface area (TPSA) is 63.5 Å². The minimum atomic E-state index is -0.657. The van der Waals surface area contributed by atoms with Crippen LogP contribution < -0.4 is 0 Å². The first kappa shape index (κ1) is 6.00. The molecule has 0 unspecified atom stereocenters. The minimum absolute atomic E-state index is 0.270. The van der Waals surface area contributed by atoms with Gasteiger partial charge in [-0.25, -0.2) is 10.1 Å². The van der Waals surface area contributed by atoms with Crippen LogP contribution >= 0.6 is 0 Å². The average molecular weight is 130 g/mol. The van der Waals surface area contributed by atoms with Gasteiger partial charge in [0.05, 0.1) is 6.54 Å². The molecular formula is C4H6N2O3. The molecule has 1 saturated heterocycles. The Balaban J connectivity index is 2.60. The Bertz CT molecular complexity index is 156. The van der Waals surface area contributed by atoms with Crippen molar-refractivity contribution in [2.45, 2.75) is 12.8 Å². The summed E-state index contributed by atoms with van der Waals surface area (Å²) in [5.74, 6) is -0.375. The molecule has 1 aliphatic heterocycles. The van der Waals surface area contributed by atoms with E-state index in [-0.39, 0.29) is 12.5 Å². The Labute approximate surface area is 51.4 Å². The highest BCUT2D eigenvalue weighted by molar-refractivity contribution is 5.76. The van der Waals surface area contributed by atoms with E-state index in [0.717, 1.165) is 0 Å². The number of nitrogens with zero attached hydrogens (tertiary/aromatic N) is 2. The van der Waals surface area contributed by atoms with Crippen LogP contribution in [0.25, 0.3) is 0 Å². The summed E-state index contributed by atoms with van der Waals surface area (Å²) < 4.78 is 0. The van der Waals surface area contributed by atoms with E-state index in [9.17, 15) is 14.9 Å². The molecular weight excluding hydrogens is 124 g/mol. The second kappa shape index (κ2) is 2.00. The van der Waals surface area contributed by atoms with E-state index in [0.29, 0.717) is 17.9 Å². The van der Waals surface area contributed by atoms with E-state index in [1.54, 1.807) is 0 Å². The zero-order valence-corrected chi connectivity index (χ0v) is 4.74. The molecule has 0 aromatic rings. The van der Waals surface area contributed by atoms with E-state index in [1.807, 2.05) is 0 Å². The number of hydrogen-bond acceptors (Lipinski definition) is 3. The number of hydrazine groups is 1. The van der Waals surface area contributed by atoms with Gasteiger partial charge in [-0.05, 0) is 6.42 Å². The lowest BCUT2D eigenvalue weighted by Gasteiger charge is -2.00. The number of amides is 1. The van der Waals surface area contributed by atoms with Crippen molar-refractivity contribution >= 4 is 5.91 Å². The third kappa shape index (κ3) is 0.984. The number of carbonyl (C=O) groups is 1. The molecule has 5 heteroatoms. The number of nitro groups is 1. The van der Waals surface area contributed by atoms with Crippen molar-refractivity contribution in [3.05, 3.63) is 10.1 Å². The quantitative estimate of drug-likeness (QED) is 0.364. The normalized spacial score (nSPS) is 18.7. The van der Waals surface area contributed by atoms with E-state index < -0.39 is 5.03 Å². The largest absolute Gasteiger partial charge is 0.283 e. The molecule has 0 aromatic heterocycles. The van der Waals surface area contributed by atoms with Crippen LogP contribution in [-0.4, -0.2) is 22.5 Å². The van der Waals surface area contributed by atoms with Crippen LogP contribution in [0.1, 0.15) is 12.8 Å². The molecule has 0 bridgehead atoms. The highest BCUT2D eigenvalue weighted by Gasteiger charge is 2.29. The van der Waals surface area contributed by atoms with Gasteiger partial charge in [-0.2, -0.15) is 0 Å². The molecule has 0 N–H and O–H groups in total. The SMILES string of the molecule is O=C1CCCN1[N+](=O)[O-]. The lowest BCUT2D eigenvalue weighted by Crippen LogP contribution is -2.30. The summed E-state index contributed by atoms with van der Waals surface area (Å²) >= 11 is 0. The van der Waals surface area contributed by atoms with Gasteiger partial charge in [-0.3, -0.25) is 4.79 Å². The fraction of sp³-hybridized carbons (Fsp3) is 0.750.